The van der Waals surface area contributed by atoms with Crippen LogP contribution in [-0.4, -0.2) is 30.0 Å². The Balaban J connectivity index is 3.14. The van der Waals surface area contributed by atoms with Crippen molar-refractivity contribution < 1.29 is 19.2 Å². The van der Waals surface area contributed by atoms with Crippen LogP contribution in [-0.2, 0) is 9.53 Å². The molecule has 1 aromatic carbocycles. The average Bonchev–Trinajstić information content (AvgIpc) is 2.43. The summed E-state index contributed by atoms with van der Waals surface area (Å²) < 4.78 is 4.53. The van der Waals surface area contributed by atoms with Crippen molar-refractivity contribution in [2.24, 2.45) is 11.1 Å². The van der Waals surface area contributed by atoms with Crippen molar-refractivity contribution in [1.82, 2.24) is 0 Å². The minimum Gasteiger partial charge on any atom is -0.465 e. The van der Waals surface area contributed by atoms with Gasteiger partial charge in [-0.25, -0.2) is 4.79 Å². The molecule has 0 aromatic heterocycles. The van der Waals surface area contributed by atoms with Gasteiger partial charge in [-0.2, -0.15) is 0 Å². The van der Waals surface area contributed by atoms with Gasteiger partial charge in [-0.3, -0.25) is 14.9 Å². The molecule has 0 heterocycles. The standard InChI is InChI=1S/C14H19N3O5/c1-14(2,3)11(15)12(18)16-9-5-8(13(19)22-4)6-10(7-9)17(20)21/h5-7,11H,15H2,1-4H3,(H,16,18)/t11-/m1/s1. The minimum atomic E-state index is -0.812. The second-order valence-corrected chi connectivity index (χ2v) is 5.85. The van der Waals surface area contributed by atoms with Gasteiger partial charge in [-0.1, -0.05) is 20.8 Å². The second kappa shape index (κ2) is 6.52. The smallest absolute Gasteiger partial charge is 0.338 e. The number of benzene rings is 1. The van der Waals surface area contributed by atoms with Gasteiger partial charge in [0.2, 0.25) is 5.91 Å². The van der Waals surface area contributed by atoms with Crippen LogP contribution in [0.15, 0.2) is 18.2 Å². The molecule has 1 amide bonds. The van der Waals surface area contributed by atoms with Crippen LogP contribution >= 0.6 is 0 Å². The van der Waals surface area contributed by atoms with Crippen LogP contribution in [0.2, 0.25) is 0 Å². The Labute approximate surface area is 127 Å². The molecule has 3 N–H and O–H groups in total. The van der Waals surface area contributed by atoms with Crippen molar-refractivity contribution in [2.45, 2.75) is 26.8 Å². The zero-order chi connectivity index (χ0) is 17.1. The molecular formula is C14H19N3O5. The van der Waals surface area contributed by atoms with E-state index in [4.69, 9.17) is 5.73 Å². The summed E-state index contributed by atoms with van der Waals surface area (Å²) in [4.78, 5) is 33.9. The van der Waals surface area contributed by atoms with Gasteiger partial charge in [0.15, 0.2) is 0 Å². The molecule has 8 nitrogen and oxygen atoms in total. The number of amides is 1. The van der Waals surface area contributed by atoms with Crippen LogP contribution in [0.5, 0.6) is 0 Å². The maximum Gasteiger partial charge on any atom is 0.338 e. The molecule has 0 radical (unpaired) electrons. The lowest BCUT2D eigenvalue weighted by Gasteiger charge is -2.25. The van der Waals surface area contributed by atoms with Gasteiger partial charge in [-0.15, -0.1) is 0 Å². The number of ether oxygens (including phenoxy) is 1. The Morgan fingerprint density at radius 2 is 1.91 bits per heavy atom. The van der Waals surface area contributed by atoms with E-state index < -0.39 is 28.3 Å². The predicted molar refractivity (Wildman–Crippen MR) is 80.5 cm³/mol. The van der Waals surface area contributed by atoms with Crippen LogP contribution in [0.1, 0.15) is 31.1 Å². The Morgan fingerprint density at radius 3 is 2.36 bits per heavy atom. The molecule has 0 aliphatic heterocycles. The Kier molecular flexibility index (Phi) is 5.21. The molecule has 120 valence electrons. The van der Waals surface area contributed by atoms with Crippen molar-refractivity contribution in [1.29, 1.82) is 0 Å². The maximum absolute atomic E-state index is 12.1. The summed E-state index contributed by atoms with van der Waals surface area (Å²) in [5.41, 5.74) is 5.10. The fourth-order valence-corrected chi connectivity index (χ4v) is 1.64. The normalized spacial score (nSPS) is 12.4. The van der Waals surface area contributed by atoms with Gasteiger partial charge in [0.1, 0.15) is 0 Å². The Hall–Kier alpha value is -2.48. The number of nitro benzene ring substituents is 1. The van der Waals surface area contributed by atoms with Crippen molar-refractivity contribution >= 4 is 23.3 Å². The largest absolute Gasteiger partial charge is 0.465 e. The van der Waals surface area contributed by atoms with Crippen LogP contribution in [0, 0.1) is 15.5 Å². The first kappa shape index (κ1) is 17.6. The fraction of sp³-hybridized carbons (Fsp3) is 0.429. The topological polar surface area (TPSA) is 125 Å². The number of nitro groups is 1. The first-order valence-corrected chi connectivity index (χ1v) is 6.50. The van der Waals surface area contributed by atoms with E-state index in [2.05, 4.69) is 10.1 Å². The summed E-state index contributed by atoms with van der Waals surface area (Å²) in [6.07, 6.45) is 0. The molecule has 8 heteroatoms. The zero-order valence-corrected chi connectivity index (χ0v) is 12.9. The van der Waals surface area contributed by atoms with Gasteiger partial charge in [0.25, 0.3) is 5.69 Å². The molecule has 0 saturated heterocycles. The number of nitrogens with two attached hydrogens (primary N) is 1. The summed E-state index contributed by atoms with van der Waals surface area (Å²) in [5, 5.41) is 13.4. The predicted octanol–water partition coefficient (Wildman–Crippen LogP) is 1.69. The third-order valence-electron chi connectivity index (χ3n) is 3.03. The second-order valence-electron chi connectivity index (χ2n) is 5.85. The summed E-state index contributed by atoms with van der Waals surface area (Å²) in [5.74, 6) is -1.23. The fourth-order valence-electron chi connectivity index (χ4n) is 1.64. The lowest BCUT2D eigenvalue weighted by Crippen LogP contribution is -2.45. The third kappa shape index (κ3) is 4.26. The van der Waals surface area contributed by atoms with E-state index in [1.165, 1.54) is 6.07 Å². The zero-order valence-electron chi connectivity index (χ0n) is 12.9. The summed E-state index contributed by atoms with van der Waals surface area (Å²) in [6, 6.07) is 2.71. The highest BCUT2D eigenvalue weighted by Crippen LogP contribution is 2.23. The van der Waals surface area contributed by atoms with Crippen LogP contribution in [0.25, 0.3) is 0 Å². The molecule has 1 rings (SSSR count). The SMILES string of the molecule is COC(=O)c1cc(NC(=O)[C@@H](N)C(C)(C)C)cc([N+](=O)[O-])c1. The summed E-state index contributed by atoms with van der Waals surface area (Å²) in [7, 11) is 1.16. The average molecular weight is 309 g/mol. The van der Waals surface area contributed by atoms with E-state index in [1.54, 1.807) is 20.8 Å². The lowest BCUT2D eigenvalue weighted by atomic mass is 9.87. The molecule has 0 saturated carbocycles. The van der Waals surface area contributed by atoms with Gasteiger partial charge >= 0.3 is 5.97 Å². The number of rotatable bonds is 4. The summed E-state index contributed by atoms with van der Waals surface area (Å²) in [6.45, 7) is 5.39. The third-order valence-corrected chi connectivity index (χ3v) is 3.03. The van der Waals surface area contributed by atoms with Crippen molar-refractivity contribution in [2.75, 3.05) is 12.4 Å². The monoisotopic (exact) mass is 309 g/mol. The molecule has 0 aliphatic carbocycles. The first-order chi connectivity index (χ1) is 10.1. The molecule has 1 atom stereocenters. The number of nitrogens with zero attached hydrogens (tertiary/aromatic N) is 1. The molecule has 0 spiro atoms. The van der Waals surface area contributed by atoms with Gasteiger partial charge < -0.3 is 15.8 Å². The van der Waals surface area contributed by atoms with Crippen molar-refractivity contribution in [3.05, 3.63) is 33.9 Å². The van der Waals surface area contributed by atoms with E-state index in [1.807, 2.05) is 0 Å². The van der Waals surface area contributed by atoms with Crippen molar-refractivity contribution in [3.8, 4) is 0 Å². The van der Waals surface area contributed by atoms with E-state index >= 15 is 0 Å². The highest BCUT2D eigenvalue weighted by Gasteiger charge is 2.28. The molecular weight excluding hydrogens is 290 g/mol. The van der Waals surface area contributed by atoms with Crippen LogP contribution in [0.3, 0.4) is 0 Å². The Bertz CT molecular complexity index is 607. The molecule has 0 fully saturated rings. The van der Waals surface area contributed by atoms with E-state index in [0.29, 0.717) is 0 Å². The van der Waals surface area contributed by atoms with Crippen LogP contribution in [0.4, 0.5) is 11.4 Å². The number of methoxy groups -OCH3 is 1. The van der Waals surface area contributed by atoms with E-state index in [9.17, 15) is 19.7 Å². The van der Waals surface area contributed by atoms with Gasteiger partial charge in [-0.05, 0) is 11.5 Å². The van der Waals surface area contributed by atoms with E-state index in [-0.39, 0.29) is 16.9 Å². The summed E-state index contributed by atoms with van der Waals surface area (Å²) >= 11 is 0. The van der Waals surface area contributed by atoms with Crippen LogP contribution < -0.4 is 11.1 Å². The molecule has 0 aliphatic rings. The number of hydrogen-bond acceptors (Lipinski definition) is 6. The number of carbonyl (C=O) groups excluding carboxylic acids is 2. The maximum atomic E-state index is 12.1. The van der Waals surface area contributed by atoms with Gasteiger partial charge in [0, 0.05) is 17.8 Å². The molecule has 1 aromatic rings. The van der Waals surface area contributed by atoms with E-state index in [0.717, 1.165) is 19.2 Å². The first-order valence-electron chi connectivity index (χ1n) is 6.50. The molecule has 0 unspecified atom stereocenters. The number of esters is 1. The van der Waals surface area contributed by atoms with Gasteiger partial charge in [0.05, 0.1) is 23.6 Å². The number of carbonyl (C=O) groups is 2. The highest BCUT2D eigenvalue weighted by molar-refractivity contribution is 5.97. The van der Waals surface area contributed by atoms with Crippen molar-refractivity contribution in [3.63, 3.8) is 0 Å². The minimum absolute atomic E-state index is 0.0312. The number of anilines is 1. The quantitative estimate of drug-likeness (QED) is 0.495. The number of hydrogen-bond donors (Lipinski definition) is 2. The number of non-ortho nitro benzene ring substituents is 1. The molecule has 0 bridgehead atoms. The lowest BCUT2D eigenvalue weighted by molar-refractivity contribution is -0.384. The Morgan fingerprint density at radius 1 is 1.32 bits per heavy atom. The number of nitrogens with one attached hydrogen (secondary N) is 1. The molecule has 22 heavy (non-hydrogen) atoms. The highest BCUT2D eigenvalue weighted by atomic mass is 16.6.